The molecule has 2 saturated heterocycles. The summed E-state index contributed by atoms with van der Waals surface area (Å²) in [7, 11) is 0. The number of carbonyl (C=O) groups excluding carboxylic acids is 2. The minimum absolute atomic E-state index is 0.0232. The van der Waals surface area contributed by atoms with Gasteiger partial charge < -0.3 is 14.0 Å². The molecule has 2 aliphatic heterocycles. The highest BCUT2D eigenvalue weighted by atomic mass is 16.5. The molecule has 1 amide bonds. The first-order chi connectivity index (χ1) is 11.6. The second-order valence-corrected chi connectivity index (χ2v) is 6.68. The fourth-order valence-electron chi connectivity index (χ4n) is 3.81. The van der Waals surface area contributed by atoms with Gasteiger partial charge in [-0.15, -0.1) is 0 Å². The first kappa shape index (κ1) is 15.3. The number of aromatic nitrogens is 2. The summed E-state index contributed by atoms with van der Waals surface area (Å²) in [6.45, 7) is 3.31. The molecule has 0 unspecified atom stereocenters. The molecule has 6 nitrogen and oxygen atoms in total. The molecule has 0 N–H and O–H groups in total. The van der Waals surface area contributed by atoms with Crippen LogP contribution in [0.5, 0.6) is 0 Å². The SMILES string of the molecule is Cc1nc2ccccn2c1CC(=O)N1CC[C@@]2(CCCO2)C(=O)C1. The van der Waals surface area contributed by atoms with Crippen LogP contribution in [0, 0.1) is 6.92 Å². The second-order valence-electron chi connectivity index (χ2n) is 6.68. The highest BCUT2D eigenvalue weighted by Gasteiger charge is 2.46. The number of fused-ring (bicyclic) bond motifs is 1. The van der Waals surface area contributed by atoms with Crippen molar-refractivity contribution in [3.05, 3.63) is 35.8 Å². The Morgan fingerprint density at radius 1 is 1.38 bits per heavy atom. The Hall–Kier alpha value is -2.21. The van der Waals surface area contributed by atoms with Gasteiger partial charge in [0.2, 0.25) is 5.91 Å². The molecule has 4 heterocycles. The summed E-state index contributed by atoms with van der Waals surface area (Å²) in [5.74, 6) is 0.0272. The van der Waals surface area contributed by atoms with Gasteiger partial charge in [0.15, 0.2) is 5.78 Å². The number of hydrogen-bond acceptors (Lipinski definition) is 4. The number of rotatable bonds is 2. The van der Waals surface area contributed by atoms with Crippen LogP contribution in [-0.2, 0) is 20.7 Å². The number of carbonyl (C=O) groups is 2. The van der Waals surface area contributed by atoms with Crippen molar-refractivity contribution in [3.8, 4) is 0 Å². The van der Waals surface area contributed by atoms with Crippen LogP contribution in [0.2, 0.25) is 0 Å². The maximum Gasteiger partial charge on any atom is 0.228 e. The van der Waals surface area contributed by atoms with Crippen molar-refractivity contribution < 1.29 is 14.3 Å². The summed E-state index contributed by atoms with van der Waals surface area (Å²) >= 11 is 0. The summed E-state index contributed by atoms with van der Waals surface area (Å²) in [5.41, 5.74) is 1.97. The zero-order valence-electron chi connectivity index (χ0n) is 13.8. The van der Waals surface area contributed by atoms with Crippen LogP contribution in [-0.4, -0.2) is 51.3 Å². The Bertz CT molecular complexity index is 805. The van der Waals surface area contributed by atoms with Crippen LogP contribution in [0.3, 0.4) is 0 Å². The smallest absolute Gasteiger partial charge is 0.228 e. The number of amides is 1. The molecule has 0 aromatic carbocycles. The number of pyridine rings is 1. The molecule has 1 atom stereocenters. The lowest BCUT2D eigenvalue weighted by Gasteiger charge is -2.37. The molecule has 2 aromatic heterocycles. The van der Waals surface area contributed by atoms with Gasteiger partial charge in [-0.3, -0.25) is 9.59 Å². The molecular weight excluding hydrogens is 306 g/mol. The van der Waals surface area contributed by atoms with Crippen LogP contribution < -0.4 is 0 Å². The van der Waals surface area contributed by atoms with E-state index in [9.17, 15) is 9.59 Å². The summed E-state index contributed by atoms with van der Waals surface area (Å²) in [5, 5.41) is 0. The number of ketones is 1. The van der Waals surface area contributed by atoms with E-state index in [0.717, 1.165) is 29.9 Å². The molecule has 2 aromatic rings. The van der Waals surface area contributed by atoms with Gasteiger partial charge in [0.05, 0.1) is 24.4 Å². The Morgan fingerprint density at radius 2 is 2.25 bits per heavy atom. The van der Waals surface area contributed by atoms with E-state index >= 15 is 0 Å². The third-order valence-corrected chi connectivity index (χ3v) is 5.23. The first-order valence-electron chi connectivity index (χ1n) is 8.47. The standard InChI is InChI=1S/C18H21N3O3/c1-13-14(21-8-3-2-5-16(21)19-13)11-17(23)20-9-7-18(15(22)12-20)6-4-10-24-18/h2-3,5,8H,4,6-7,9-12H2,1H3/t18-/m0/s1. The predicted molar refractivity (Wildman–Crippen MR) is 87.8 cm³/mol. The molecule has 4 rings (SSSR count). The van der Waals surface area contributed by atoms with E-state index in [1.165, 1.54) is 0 Å². The van der Waals surface area contributed by atoms with E-state index in [1.807, 2.05) is 35.7 Å². The minimum atomic E-state index is -0.615. The van der Waals surface area contributed by atoms with Crippen molar-refractivity contribution in [2.75, 3.05) is 19.7 Å². The largest absolute Gasteiger partial charge is 0.367 e. The van der Waals surface area contributed by atoms with E-state index in [1.54, 1.807) is 4.90 Å². The van der Waals surface area contributed by atoms with Gasteiger partial charge in [-0.25, -0.2) is 4.98 Å². The van der Waals surface area contributed by atoms with E-state index < -0.39 is 5.60 Å². The number of ether oxygens (including phenoxy) is 1. The molecule has 1 spiro atoms. The lowest BCUT2D eigenvalue weighted by Crippen LogP contribution is -2.54. The Morgan fingerprint density at radius 3 is 3.00 bits per heavy atom. The Labute approximate surface area is 140 Å². The van der Waals surface area contributed by atoms with E-state index in [-0.39, 0.29) is 24.7 Å². The summed E-state index contributed by atoms with van der Waals surface area (Å²) in [6.07, 6.45) is 4.52. The zero-order chi connectivity index (χ0) is 16.7. The summed E-state index contributed by atoms with van der Waals surface area (Å²) in [6, 6.07) is 5.78. The lowest BCUT2D eigenvalue weighted by molar-refractivity contribution is -0.152. The predicted octanol–water partition coefficient (Wildman–Crippen LogP) is 1.54. The van der Waals surface area contributed by atoms with Crippen molar-refractivity contribution in [2.24, 2.45) is 0 Å². The molecule has 126 valence electrons. The number of nitrogens with zero attached hydrogens (tertiary/aromatic N) is 3. The van der Waals surface area contributed by atoms with Crippen molar-refractivity contribution >= 4 is 17.3 Å². The van der Waals surface area contributed by atoms with Crippen LogP contribution in [0.1, 0.15) is 30.7 Å². The fourth-order valence-corrected chi connectivity index (χ4v) is 3.81. The quantitative estimate of drug-likeness (QED) is 0.839. The van der Waals surface area contributed by atoms with Crippen molar-refractivity contribution in [3.63, 3.8) is 0 Å². The van der Waals surface area contributed by atoms with Crippen LogP contribution >= 0.6 is 0 Å². The normalized spacial score (nSPS) is 24.2. The monoisotopic (exact) mass is 327 g/mol. The van der Waals surface area contributed by atoms with Crippen LogP contribution in [0.15, 0.2) is 24.4 Å². The van der Waals surface area contributed by atoms with Crippen LogP contribution in [0.4, 0.5) is 0 Å². The van der Waals surface area contributed by atoms with E-state index in [2.05, 4.69) is 4.98 Å². The number of Topliss-reactive ketones (excluding diaryl/α,β-unsaturated/α-hetero) is 1. The number of hydrogen-bond donors (Lipinski definition) is 0. The average molecular weight is 327 g/mol. The van der Waals surface area contributed by atoms with Crippen molar-refractivity contribution in [2.45, 2.75) is 38.2 Å². The highest BCUT2D eigenvalue weighted by molar-refractivity contribution is 5.94. The van der Waals surface area contributed by atoms with Gasteiger partial charge in [-0.1, -0.05) is 6.07 Å². The van der Waals surface area contributed by atoms with Crippen LogP contribution in [0.25, 0.3) is 5.65 Å². The van der Waals surface area contributed by atoms with E-state index in [0.29, 0.717) is 19.6 Å². The zero-order valence-corrected chi connectivity index (χ0v) is 13.8. The molecule has 0 saturated carbocycles. The molecule has 2 fully saturated rings. The molecular formula is C18H21N3O3. The minimum Gasteiger partial charge on any atom is -0.367 e. The lowest BCUT2D eigenvalue weighted by atomic mass is 9.87. The van der Waals surface area contributed by atoms with Gasteiger partial charge >= 0.3 is 0 Å². The topological polar surface area (TPSA) is 63.9 Å². The molecule has 0 aliphatic carbocycles. The van der Waals surface area contributed by atoms with Gasteiger partial charge in [0.1, 0.15) is 11.2 Å². The molecule has 0 radical (unpaired) electrons. The maximum absolute atomic E-state index is 12.7. The van der Waals surface area contributed by atoms with Crippen molar-refractivity contribution in [1.29, 1.82) is 0 Å². The molecule has 0 bridgehead atoms. The summed E-state index contributed by atoms with van der Waals surface area (Å²) < 4.78 is 7.65. The third-order valence-electron chi connectivity index (χ3n) is 5.23. The molecule has 24 heavy (non-hydrogen) atoms. The van der Waals surface area contributed by atoms with Crippen molar-refractivity contribution in [1.82, 2.24) is 14.3 Å². The third kappa shape index (κ3) is 2.41. The average Bonchev–Trinajstić information content (AvgIpc) is 3.16. The highest BCUT2D eigenvalue weighted by Crippen LogP contribution is 2.33. The van der Waals surface area contributed by atoms with Gasteiger partial charge in [-0.05, 0) is 31.9 Å². The fraction of sp³-hybridized carbons (Fsp3) is 0.500. The van der Waals surface area contributed by atoms with E-state index in [4.69, 9.17) is 4.74 Å². The Kier molecular flexibility index (Phi) is 3.64. The Balaban J connectivity index is 1.50. The number of likely N-dealkylation sites (tertiary alicyclic amines) is 1. The summed E-state index contributed by atoms with van der Waals surface area (Å²) in [4.78, 5) is 31.3. The first-order valence-corrected chi connectivity index (χ1v) is 8.47. The van der Waals surface area contributed by atoms with Gasteiger partial charge in [0.25, 0.3) is 0 Å². The second kappa shape index (κ2) is 5.70. The number of imidazole rings is 1. The number of aryl methyl sites for hydroxylation is 1. The molecule has 2 aliphatic rings. The van der Waals surface area contributed by atoms with Gasteiger partial charge in [0, 0.05) is 25.8 Å². The number of piperidine rings is 1. The molecule has 6 heteroatoms. The van der Waals surface area contributed by atoms with Gasteiger partial charge in [-0.2, -0.15) is 0 Å². The maximum atomic E-state index is 12.7.